The number of benzene rings is 2. The first-order chi connectivity index (χ1) is 14.3. The van der Waals surface area contributed by atoms with E-state index in [0.29, 0.717) is 24.5 Å². The molecule has 1 heterocycles. The Bertz CT molecular complexity index is 1020. The molecule has 1 aliphatic rings. The van der Waals surface area contributed by atoms with E-state index in [9.17, 15) is 13.2 Å². The van der Waals surface area contributed by atoms with E-state index in [-0.39, 0.29) is 11.4 Å². The van der Waals surface area contributed by atoms with Crippen LogP contribution in [0, 0.1) is 6.92 Å². The number of anilines is 1. The molecule has 0 aromatic heterocycles. The standard InChI is InChI=1S/C22H26BrN3O3S/c1-3-25(30(28,29)20-14-8-17(2)9-15-20)22(27)26(19-12-10-18(23)11-13-19)21-7-5-4-6-16-24-21/h8-15H,3-7,16H2,1-2H3. The number of nitrogens with zero attached hydrogens (tertiary/aromatic N) is 3. The third kappa shape index (κ3) is 4.92. The highest BCUT2D eigenvalue weighted by Gasteiger charge is 2.34. The van der Waals surface area contributed by atoms with Crippen molar-refractivity contribution in [3.05, 3.63) is 58.6 Å². The average Bonchev–Trinajstić information content (AvgIpc) is 3.00. The zero-order valence-electron chi connectivity index (χ0n) is 17.2. The summed E-state index contributed by atoms with van der Waals surface area (Å²) in [5.74, 6) is 0.609. The van der Waals surface area contributed by atoms with Crippen molar-refractivity contribution in [2.45, 2.75) is 44.4 Å². The lowest BCUT2D eigenvalue weighted by Gasteiger charge is -2.30. The van der Waals surface area contributed by atoms with Crippen molar-refractivity contribution >= 4 is 43.5 Å². The van der Waals surface area contributed by atoms with Gasteiger partial charge in [-0.05, 0) is 63.1 Å². The summed E-state index contributed by atoms with van der Waals surface area (Å²) >= 11 is 3.41. The molecule has 0 bridgehead atoms. The molecule has 8 heteroatoms. The van der Waals surface area contributed by atoms with Gasteiger partial charge in [-0.3, -0.25) is 4.99 Å². The largest absolute Gasteiger partial charge is 0.343 e. The number of hydrogen-bond acceptors (Lipinski definition) is 4. The van der Waals surface area contributed by atoms with Crippen LogP contribution in [0.5, 0.6) is 0 Å². The lowest BCUT2D eigenvalue weighted by molar-refractivity contribution is 0.233. The zero-order valence-corrected chi connectivity index (χ0v) is 19.6. The van der Waals surface area contributed by atoms with E-state index >= 15 is 0 Å². The molecule has 0 radical (unpaired) electrons. The Morgan fingerprint density at radius 3 is 2.33 bits per heavy atom. The Morgan fingerprint density at radius 2 is 1.70 bits per heavy atom. The zero-order chi connectivity index (χ0) is 21.7. The molecule has 2 aromatic rings. The van der Waals surface area contributed by atoms with E-state index in [2.05, 4.69) is 20.9 Å². The second kappa shape index (κ2) is 9.75. The summed E-state index contributed by atoms with van der Waals surface area (Å²) in [5, 5.41) is 0. The van der Waals surface area contributed by atoms with Gasteiger partial charge in [0.1, 0.15) is 5.84 Å². The second-order valence-electron chi connectivity index (χ2n) is 7.19. The lowest BCUT2D eigenvalue weighted by atomic mass is 10.2. The Kier molecular flexibility index (Phi) is 7.31. The highest BCUT2D eigenvalue weighted by atomic mass is 79.9. The van der Waals surface area contributed by atoms with Gasteiger partial charge in [-0.1, -0.05) is 40.0 Å². The van der Waals surface area contributed by atoms with Gasteiger partial charge in [0.05, 0.1) is 10.6 Å². The molecule has 0 atom stereocenters. The summed E-state index contributed by atoms with van der Waals surface area (Å²) < 4.78 is 28.4. The first kappa shape index (κ1) is 22.5. The molecule has 3 rings (SSSR count). The van der Waals surface area contributed by atoms with Crippen LogP contribution in [0.3, 0.4) is 0 Å². The molecule has 6 nitrogen and oxygen atoms in total. The van der Waals surface area contributed by atoms with Crippen molar-refractivity contribution in [1.82, 2.24) is 4.31 Å². The number of carbonyl (C=O) groups is 1. The van der Waals surface area contributed by atoms with Crippen LogP contribution in [0.15, 0.2) is 62.9 Å². The fourth-order valence-corrected chi connectivity index (χ4v) is 4.98. The Balaban J connectivity index is 2.04. The smallest absolute Gasteiger partial charge is 0.272 e. The summed E-state index contributed by atoms with van der Waals surface area (Å²) in [6.07, 6.45) is 3.54. The Morgan fingerprint density at radius 1 is 1.03 bits per heavy atom. The minimum absolute atomic E-state index is 0.0232. The molecule has 0 aliphatic carbocycles. The first-order valence-electron chi connectivity index (χ1n) is 10.1. The van der Waals surface area contributed by atoms with Crippen LogP contribution < -0.4 is 4.90 Å². The first-order valence-corrected chi connectivity index (χ1v) is 12.3. The molecule has 160 valence electrons. The van der Waals surface area contributed by atoms with E-state index < -0.39 is 16.1 Å². The number of aryl methyl sites for hydroxylation is 1. The second-order valence-corrected chi connectivity index (χ2v) is 9.96. The van der Waals surface area contributed by atoms with Gasteiger partial charge in [0.25, 0.3) is 10.0 Å². The van der Waals surface area contributed by atoms with Crippen molar-refractivity contribution in [2.24, 2.45) is 4.99 Å². The van der Waals surface area contributed by atoms with Crippen molar-refractivity contribution in [3.63, 3.8) is 0 Å². The van der Waals surface area contributed by atoms with Crippen molar-refractivity contribution in [3.8, 4) is 0 Å². The highest BCUT2D eigenvalue weighted by molar-refractivity contribution is 9.10. The number of halogens is 1. The fourth-order valence-electron chi connectivity index (χ4n) is 3.36. The van der Waals surface area contributed by atoms with Gasteiger partial charge < -0.3 is 0 Å². The van der Waals surface area contributed by atoms with Crippen LogP contribution in [-0.2, 0) is 10.0 Å². The van der Waals surface area contributed by atoms with Gasteiger partial charge in [-0.25, -0.2) is 22.4 Å². The van der Waals surface area contributed by atoms with E-state index in [1.54, 1.807) is 31.2 Å². The molecule has 0 unspecified atom stereocenters. The molecule has 2 amide bonds. The van der Waals surface area contributed by atoms with Gasteiger partial charge in [-0.15, -0.1) is 0 Å². The molecule has 0 fully saturated rings. The number of aliphatic imine (C=N–C) groups is 1. The van der Waals surface area contributed by atoms with Gasteiger partial charge in [0, 0.05) is 24.0 Å². The van der Waals surface area contributed by atoms with Gasteiger partial charge in [-0.2, -0.15) is 0 Å². The molecule has 0 N–H and O–H groups in total. The molecule has 30 heavy (non-hydrogen) atoms. The minimum atomic E-state index is -4.00. The van der Waals surface area contributed by atoms with Crippen molar-refractivity contribution in [1.29, 1.82) is 0 Å². The Labute approximate surface area is 186 Å². The Hall–Kier alpha value is -2.19. The van der Waals surface area contributed by atoms with Crippen LogP contribution in [0.4, 0.5) is 10.5 Å². The number of sulfonamides is 1. The molecular weight excluding hydrogens is 466 g/mol. The molecule has 0 saturated heterocycles. The maximum Gasteiger partial charge on any atom is 0.343 e. The summed E-state index contributed by atoms with van der Waals surface area (Å²) in [6.45, 7) is 4.21. The van der Waals surface area contributed by atoms with Crippen LogP contribution >= 0.6 is 15.9 Å². The van der Waals surface area contributed by atoms with E-state index in [1.807, 2.05) is 19.1 Å². The summed E-state index contributed by atoms with van der Waals surface area (Å²) in [7, 11) is -4.00. The van der Waals surface area contributed by atoms with Crippen LogP contribution in [0.2, 0.25) is 0 Å². The molecular formula is C22H26BrN3O3S. The number of amidine groups is 1. The maximum absolute atomic E-state index is 13.6. The van der Waals surface area contributed by atoms with Crippen LogP contribution in [0.25, 0.3) is 0 Å². The normalized spacial score (nSPS) is 14.6. The van der Waals surface area contributed by atoms with E-state index in [0.717, 1.165) is 33.6 Å². The summed E-state index contributed by atoms with van der Waals surface area (Å²) in [5.41, 5.74) is 1.55. The van der Waals surface area contributed by atoms with E-state index in [4.69, 9.17) is 0 Å². The van der Waals surface area contributed by atoms with E-state index in [1.165, 1.54) is 17.0 Å². The average molecular weight is 492 g/mol. The number of hydrogen-bond donors (Lipinski definition) is 0. The predicted molar refractivity (Wildman–Crippen MR) is 124 cm³/mol. The maximum atomic E-state index is 13.6. The highest BCUT2D eigenvalue weighted by Crippen LogP contribution is 2.26. The molecule has 2 aromatic carbocycles. The number of urea groups is 1. The molecule has 0 spiro atoms. The third-order valence-electron chi connectivity index (χ3n) is 5.00. The SMILES string of the molecule is CCN(C(=O)N(C1=NCCCCC1)c1ccc(Br)cc1)S(=O)(=O)c1ccc(C)cc1. The summed E-state index contributed by atoms with van der Waals surface area (Å²) in [4.78, 5) is 19.8. The monoisotopic (exact) mass is 491 g/mol. The molecule has 0 saturated carbocycles. The number of carbonyl (C=O) groups excluding carboxylic acids is 1. The van der Waals surface area contributed by atoms with Crippen molar-refractivity contribution in [2.75, 3.05) is 18.0 Å². The van der Waals surface area contributed by atoms with Crippen LogP contribution in [0.1, 0.15) is 38.2 Å². The predicted octanol–water partition coefficient (Wildman–Crippen LogP) is 5.37. The quantitative estimate of drug-likeness (QED) is 0.577. The fraction of sp³-hybridized carbons (Fsp3) is 0.364. The van der Waals surface area contributed by atoms with Crippen molar-refractivity contribution < 1.29 is 13.2 Å². The van der Waals surface area contributed by atoms with Gasteiger partial charge in [0.2, 0.25) is 0 Å². The van der Waals surface area contributed by atoms with Crippen LogP contribution in [-0.4, -0.2) is 37.7 Å². The van der Waals surface area contributed by atoms with Gasteiger partial charge in [0.15, 0.2) is 0 Å². The minimum Gasteiger partial charge on any atom is -0.272 e. The lowest BCUT2D eigenvalue weighted by Crippen LogP contribution is -2.49. The van der Waals surface area contributed by atoms with Gasteiger partial charge >= 0.3 is 6.03 Å². The molecule has 1 aliphatic heterocycles. The number of rotatable bonds is 4. The number of amides is 2. The topological polar surface area (TPSA) is 70.1 Å². The third-order valence-corrected chi connectivity index (χ3v) is 7.39. The summed E-state index contributed by atoms with van der Waals surface area (Å²) in [6, 6.07) is 13.2.